The topological polar surface area (TPSA) is 82.2 Å². The van der Waals surface area contributed by atoms with Gasteiger partial charge in [0, 0.05) is 40.3 Å². The van der Waals surface area contributed by atoms with Crippen molar-refractivity contribution in [2.75, 3.05) is 0 Å². The Labute approximate surface area is 195 Å². The van der Waals surface area contributed by atoms with Gasteiger partial charge in [0.25, 0.3) is 5.69 Å². The molecule has 1 aromatic heterocycles. The molecule has 0 radical (unpaired) electrons. The van der Waals surface area contributed by atoms with E-state index in [-0.39, 0.29) is 22.8 Å². The highest BCUT2D eigenvalue weighted by Crippen LogP contribution is 2.31. The summed E-state index contributed by atoms with van der Waals surface area (Å²) in [6.45, 7) is 3.94. The summed E-state index contributed by atoms with van der Waals surface area (Å²) in [5.41, 5.74) is 6.65. The first-order chi connectivity index (χ1) is 16.3. The molecule has 0 unspecified atom stereocenters. The maximum absolute atomic E-state index is 12.8. The summed E-state index contributed by atoms with van der Waals surface area (Å²) in [6.07, 6.45) is 1.69. The van der Waals surface area contributed by atoms with Gasteiger partial charge in [-0.25, -0.2) is 0 Å². The molecular formula is C28H20N2O4. The first-order valence-electron chi connectivity index (χ1n) is 10.8. The zero-order valence-electron chi connectivity index (χ0n) is 18.6. The minimum Gasteiger partial charge on any atom is -0.318 e. The Hall–Kier alpha value is -4.58. The van der Waals surface area contributed by atoms with Crippen LogP contribution < -0.4 is 0 Å². The summed E-state index contributed by atoms with van der Waals surface area (Å²) < 4.78 is 2.07. The average molecular weight is 448 g/mol. The number of hydrogen-bond donors (Lipinski definition) is 0. The van der Waals surface area contributed by atoms with E-state index in [0.29, 0.717) is 11.1 Å². The molecule has 1 aliphatic rings. The van der Waals surface area contributed by atoms with Gasteiger partial charge >= 0.3 is 0 Å². The van der Waals surface area contributed by atoms with Crippen LogP contribution in [0, 0.1) is 24.0 Å². The van der Waals surface area contributed by atoms with Crippen molar-refractivity contribution < 1.29 is 14.5 Å². The third kappa shape index (κ3) is 3.46. The third-order valence-corrected chi connectivity index (χ3v) is 6.21. The van der Waals surface area contributed by atoms with Gasteiger partial charge in [0.2, 0.25) is 0 Å². The molecule has 0 saturated heterocycles. The standard InChI is InChI=1S/C28H20N2O4/c1-17-15-21(16-26-27(31)24-5-3-4-6-25(24)28(26)32)18(2)29(17)22-11-7-19(8-12-22)20-9-13-23(14-10-20)30(33)34/h3-16H,1-2H3. The highest BCUT2D eigenvalue weighted by atomic mass is 16.6. The van der Waals surface area contributed by atoms with Crippen LogP contribution in [0.3, 0.4) is 0 Å². The highest BCUT2D eigenvalue weighted by molar-refractivity contribution is 6.41. The number of aromatic nitrogens is 1. The second-order valence-corrected chi connectivity index (χ2v) is 8.27. The lowest BCUT2D eigenvalue weighted by atomic mass is 10.0. The molecule has 5 rings (SSSR count). The molecule has 3 aromatic carbocycles. The molecule has 0 spiro atoms. The van der Waals surface area contributed by atoms with Crippen molar-refractivity contribution in [3.63, 3.8) is 0 Å². The Morgan fingerprint density at radius 3 is 1.85 bits per heavy atom. The van der Waals surface area contributed by atoms with Crippen LogP contribution in [0.25, 0.3) is 22.9 Å². The predicted octanol–water partition coefficient (Wildman–Crippen LogP) is 6.13. The molecule has 6 heteroatoms. The minimum atomic E-state index is -0.414. The minimum absolute atomic E-state index is 0.0583. The number of benzene rings is 3. The van der Waals surface area contributed by atoms with Crippen molar-refractivity contribution >= 4 is 23.3 Å². The van der Waals surface area contributed by atoms with Gasteiger partial charge in [-0.3, -0.25) is 19.7 Å². The molecule has 1 heterocycles. The predicted molar refractivity (Wildman–Crippen MR) is 130 cm³/mol. The lowest BCUT2D eigenvalue weighted by Gasteiger charge is -2.11. The first-order valence-corrected chi connectivity index (χ1v) is 10.8. The van der Waals surface area contributed by atoms with Crippen LogP contribution in [-0.4, -0.2) is 21.1 Å². The summed E-state index contributed by atoms with van der Waals surface area (Å²) in [5.74, 6) is -0.476. The van der Waals surface area contributed by atoms with E-state index in [2.05, 4.69) is 4.57 Å². The fraction of sp³-hybridized carbons (Fsp3) is 0.0714. The zero-order chi connectivity index (χ0) is 24.0. The van der Waals surface area contributed by atoms with Crippen LogP contribution in [0.2, 0.25) is 0 Å². The molecule has 0 aliphatic heterocycles. The van der Waals surface area contributed by atoms with Gasteiger partial charge in [0.15, 0.2) is 11.6 Å². The molecule has 6 nitrogen and oxygen atoms in total. The first kappa shape index (κ1) is 21.3. The molecule has 1 aliphatic carbocycles. The quantitative estimate of drug-likeness (QED) is 0.163. The third-order valence-electron chi connectivity index (χ3n) is 6.21. The van der Waals surface area contributed by atoms with Gasteiger partial charge in [-0.05, 0) is 66.9 Å². The van der Waals surface area contributed by atoms with Crippen molar-refractivity contribution in [3.8, 4) is 16.8 Å². The van der Waals surface area contributed by atoms with Crippen molar-refractivity contribution in [3.05, 3.63) is 123 Å². The summed E-state index contributed by atoms with van der Waals surface area (Å²) in [5, 5.41) is 10.9. The SMILES string of the molecule is Cc1cc(C=C2C(=O)c3ccccc3C2=O)c(C)n1-c1ccc(-c2ccc([N+](=O)[O-])cc2)cc1. The highest BCUT2D eigenvalue weighted by Gasteiger charge is 2.32. The van der Waals surface area contributed by atoms with E-state index in [4.69, 9.17) is 0 Å². The average Bonchev–Trinajstić information content (AvgIpc) is 3.26. The monoisotopic (exact) mass is 448 g/mol. The molecule has 0 saturated carbocycles. The lowest BCUT2D eigenvalue weighted by molar-refractivity contribution is -0.384. The van der Waals surface area contributed by atoms with Crippen LogP contribution in [0.5, 0.6) is 0 Å². The fourth-order valence-corrected chi connectivity index (χ4v) is 4.47. The molecule has 166 valence electrons. The number of carbonyl (C=O) groups is 2. The summed E-state index contributed by atoms with van der Waals surface area (Å²) in [7, 11) is 0. The second-order valence-electron chi connectivity index (χ2n) is 8.27. The summed E-state index contributed by atoms with van der Waals surface area (Å²) in [4.78, 5) is 36.0. The number of Topliss-reactive ketones (excluding diaryl/α,β-unsaturated/α-hetero) is 2. The van der Waals surface area contributed by atoms with Gasteiger partial charge in [0.05, 0.1) is 10.5 Å². The molecule has 4 aromatic rings. The normalized spacial score (nSPS) is 12.7. The molecule has 0 bridgehead atoms. The lowest BCUT2D eigenvalue weighted by Crippen LogP contribution is -2.01. The molecule has 34 heavy (non-hydrogen) atoms. The Bertz CT molecular complexity index is 1470. The number of nitro groups is 1. The van der Waals surface area contributed by atoms with E-state index in [1.807, 2.05) is 44.2 Å². The maximum atomic E-state index is 12.8. The van der Waals surface area contributed by atoms with Gasteiger partial charge in [-0.15, -0.1) is 0 Å². The van der Waals surface area contributed by atoms with Crippen molar-refractivity contribution in [2.45, 2.75) is 13.8 Å². The Morgan fingerprint density at radius 1 is 0.794 bits per heavy atom. The number of hydrogen-bond acceptors (Lipinski definition) is 4. The van der Waals surface area contributed by atoms with Crippen LogP contribution in [0.4, 0.5) is 5.69 Å². The number of non-ortho nitro benzene ring substituents is 1. The van der Waals surface area contributed by atoms with Crippen LogP contribution in [0.15, 0.2) is 84.4 Å². The van der Waals surface area contributed by atoms with Crippen LogP contribution >= 0.6 is 0 Å². The van der Waals surface area contributed by atoms with Crippen molar-refractivity contribution in [2.24, 2.45) is 0 Å². The van der Waals surface area contributed by atoms with Crippen LogP contribution in [0.1, 0.15) is 37.7 Å². The van der Waals surface area contributed by atoms with Crippen molar-refractivity contribution in [1.29, 1.82) is 0 Å². The number of rotatable bonds is 4. The largest absolute Gasteiger partial charge is 0.318 e. The number of carbonyl (C=O) groups excluding carboxylic acids is 2. The van der Waals surface area contributed by atoms with Gasteiger partial charge < -0.3 is 4.57 Å². The number of allylic oxidation sites excluding steroid dienone is 1. The number of fused-ring (bicyclic) bond motifs is 1. The number of ketones is 2. The van der Waals surface area contributed by atoms with E-state index < -0.39 is 4.92 Å². The molecule has 0 N–H and O–H groups in total. The smallest absolute Gasteiger partial charge is 0.269 e. The Morgan fingerprint density at radius 2 is 1.32 bits per heavy atom. The fourth-order valence-electron chi connectivity index (χ4n) is 4.47. The van der Waals surface area contributed by atoms with Gasteiger partial charge in [-0.1, -0.05) is 36.4 Å². The van der Waals surface area contributed by atoms with Gasteiger partial charge in [0.1, 0.15) is 0 Å². The Balaban J connectivity index is 1.47. The Kier molecular flexibility index (Phi) is 5.06. The molecule has 0 atom stereocenters. The summed E-state index contributed by atoms with van der Waals surface area (Å²) in [6, 6.07) is 23.2. The van der Waals surface area contributed by atoms with E-state index in [0.717, 1.165) is 33.8 Å². The second kappa shape index (κ2) is 8.08. The van der Waals surface area contributed by atoms with Crippen molar-refractivity contribution in [1.82, 2.24) is 4.57 Å². The van der Waals surface area contributed by atoms with E-state index in [9.17, 15) is 19.7 Å². The van der Waals surface area contributed by atoms with Crippen LogP contribution in [-0.2, 0) is 0 Å². The van der Waals surface area contributed by atoms with E-state index in [1.165, 1.54) is 12.1 Å². The number of nitrogens with zero attached hydrogens (tertiary/aromatic N) is 2. The molecular weight excluding hydrogens is 428 g/mol. The number of aryl methyl sites for hydroxylation is 1. The molecule has 0 amide bonds. The van der Waals surface area contributed by atoms with E-state index in [1.54, 1.807) is 42.5 Å². The van der Waals surface area contributed by atoms with E-state index >= 15 is 0 Å². The maximum Gasteiger partial charge on any atom is 0.269 e. The number of nitro benzene ring substituents is 1. The molecule has 0 fully saturated rings. The van der Waals surface area contributed by atoms with Gasteiger partial charge in [-0.2, -0.15) is 0 Å². The summed E-state index contributed by atoms with van der Waals surface area (Å²) >= 11 is 0. The zero-order valence-corrected chi connectivity index (χ0v) is 18.6.